The third-order valence-electron chi connectivity index (χ3n) is 2.94. The molecule has 1 rings (SSSR count). The second kappa shape index (κ2) is 6.56. The molecule has 112 valence electrons. The van der Waals surface area contributed by atoms with Crippen LogP contribution < -0.4 is 5.14 Å². The van der Waals surface area contributed by atoms with Crippen LogP contribution in [0.2, 0.25) is 5.02 Å². The van der Waals surface area contributed by atoms with Crippen LogP contribution >= 0.6 is 11.6 Å². The van der Waals surface area contributed by atoms with E-state index in [1.54, 1.807) is 17.9 Å². The van der Waals surface area contributed by atoms with Gasteiger partial charge in [0.25, 0.3) is 5.91 Å². The first-order valence-electron chi connectivity index (χ1n) is 6.34. The largest absolute Gasteiger partial charge is 0.339 e. The Balaban J connectivity index is 3.34. The van der Waals surface area contributed by atoms with Gasteiger partial charge >= 0.3 is 0 Å². The van der Waals surface area contributed by atoms with Crippen molar-refractivity contribution in [2.45, 2.75) is 32.1 Å². The van der Waals surface area contributed by atoms with Gasteiger partial charge in [0.1, 0.15) is 4.90 Å². The van der Waals surface area contributed by atoms with Gasteiger partial charge in [-0.2, -0.15) is 0 Å². The Hall–Kier alpha value is -1.11. The second-order valence-electron chi connectivity index (χ2n) is 4.54. The van der Waals surface area contributed by atoms with E-state index < -0.39 is 10.0 Å². The summed E-state index contributed by atoms with van der Waals surface area (Å²) in [5, 5.41) is 5.18. The van der Waals surface area contributed by atoms with Gasteiger partial charge in [-0.1, -0.05) is 18.5 Å². The number of nitrogens with two attached hydrogens (primary N) is 1. The van der Waals surface area contributed by atoms with Crippen molar-refractivity contribution < 1.29 is 13.2 Å². The van der Waals surface area contributed by atoms with Gasteiger partial charge in [0.15, 0.2) is 0 Å². The first kappa shape index (κ1) is 16.9. The van der Waals surface area contributed by atoms with Crippen LogP contribution in [0, 0.1) is 6.92 Å². The van der Waals surface area contributed by atoms with Crippen LogP contribution in [0.5, 0.6) is 0 Å². The molecular formula is C13H19ClN2O3S. The summed E-state index contributed by atoms with van der Waals surface area (Å²) in [4.78, 5) is 13.8. The first-order chi connectivity index (χ1) is 9.22. The lowest BCUT2D eigenvalue weighted by Gasteiger charge is -2.21. The molecule has 0 radical (unpaired) electrons. The van der Waals surface area contributed by atoms with Crippen molar-refractivity contribution in [3.05, 3.63) is 28.3 Å². The molecule has 0 atom stereocenters. The third-order valence-corrected chi connectivity index (χ3v) is 4.49. The van der Waals surface area contributed by atoms with Crippen molar-refractivity contribution >= 4 is 27.5 Å². The lowest BCUT2D eigenvalue weighted by molar-refractivity contribution is 0.0764. The Morgan fingerprint density at radius 3 is 2.40 bits per heavy atom. The number of amides is 1. The Morgan fingerprint density at radius 2 is 1.95 bits per heavy atom. The predicted octanol–water partition coefficient (Wildman–Crippen LogP) is 2.17. The van der Waals surface area contributed by atoms with Gasteiger partial charge in [0.2, 0.25) is 10.0 Å². The smallest absolute Gasteiger partial charge is 0.253 e. The Bertz CT molecular complexity index is 614. The van der Waals surface area contributed by atoms with Crippen molar-refractivity contribution in [3.63, 3.8) is 0 Å². The van der Waals surface area contributed by atoms with E-state index in [0.29, 0.717) is 18.7 Å². The molecule has 0 aliphatic heterocycles. The molecule has 1 aromatic carbocycles. The summed E-state index contributed by atoms with van der Waals surface area (Å²) < 4.78 is 23.0. The number of primary sulfonamides is 1. The van der Waals surface area contributed by atoms with E-state index in [1.807, 2.05) is 13.8 Å². The summed E-state index contributed by atoms with van der Waals surface area (Å²) in [6.07, 6.45) is 0.828. The molecule has 0 bridgehead atoms. The van der Waals surface area contributed by atoms with Crippen molar-refractivity contribution in [3.8, 4) is 0 Å². The van der Waals surface area contributed by atoms with Crippen molar-refractivity contribution in [2.75, 3.05) is 13.1 Å². The zero-order valence-electron chi connectivity index (χ0n) is 11.8. The number of hydrogen-bond donors (Lipinski definition) is 1. The molecule has 0 aliphatic rings. The van der Waals surface area contributed by atoms with Crippen LogP contribution in [0.25, 0.3) is 0 Å². The highest BCUT2D eigenvalue weighted by atomic mass is 35.5. The SMILES string of the molecule is CCCN(CC)C(=O)c1cc(C)c(Cl)c(S(N)(=O)=O)c1. The van der Waals surface area contributed by atoms with Crippen molar-refractivity contribution in [1.29, 1.82) is 0 Å². The van der Waals surface area contributed by atoms with Gasteiger partial charge in [0, 0.05) is 18.7 Å². The maximum Gasteiger partial charge on any atom is 0.253 e. The van der Waals surface area contributed by atoms with E-state index in [9.17, 15) is 13.2 Å². The lowest BCUT2D eigenvalue weighted by atomic mass is 10.1. The monoisotopic (exact) mass is 318 g/mol. The van der Waals surface area contributed by atoms with Crippen molar-refractivity contribution in [1.82, 2.24) is 4.90 Å². The number of benzene rings is 1. The van der Waals surface area contributed by atoms with Gasteiger partial charge in [-0.3, -0.25) is 4.79 Å². The van der Waals surface area contributed by atoms with Gasteiger partial charge in [-0.05, 0) is 38.0 Å². The Morgan fingerprint density at radius 1 is 1.35 bits per heavy atom. The molecule has 0 saturated heterocycles. The van der Waals surface area contributed by atoms with E-state index in [4.69, 9.17) is 16.7 Å². The van der Waals surface area contributed by atoms with Crippen LogP contribution in [0.1, 0.15) is 36.2 Å². The molecule has 0 aromatic heterocycles. The molecule has 2 N–H and O–H groups in total. The van der Waals surface area contributed by atoms with E-state index in [2.05, 4.69) is 0 Å². The zero-order valence-corrected chi connectivity index (χ0v) is 13.4. The number of nitrogens with zero attached hydrogens (tertiary/aromatic N) is 1. The minimum atomic E-state index is -3.96. The van der Waals surface area contributed by atoms with E-state index >= 15 is 0 Å². The fourth-order valence-electron chi connectivity index (χ4n) is 1.92. The van der Waals surface area contributed by atoms with E-state index in [1.165, 1.54) is 6.07 Å². The molecule has 0 saturated carbocycles. The number of carbonyl (C=O) groups excluding carboxylic acids is 1. The van der Waals surface area contributed by atoms with Crippen LogP contribution in [0.3, 0.4) is 0 Å². The fraction of sp³-hybridized carbons (Fsp3) is 0.462. The molecule has 0 spiro atoms. The minimum Gasteiger partial charge on any atom is -0.339 e. The lowest BCUT2D eigenvalue weighted by Crippen LogP contribution is -2.31. The zero-order chi connectivity index (χ0) is 15.5. The summed E-state index contributed by atoms with van der Waals surface area (Å²) in [6.45, 7) is 6.65. The van der Waals surface area contributed by atoms with Crippen LogP contribution in [0.4, 0.5) is 0 Å². The number of rotatable bonds is 5. The topological polar surface area (TPSA) is 80.5 Å². The summed E-state index contributed by atoms with van der Waals surface area (Å²) in [6, 6.07) is 2.82. The van der Waals surface area contributed by atoms with Crippen LogP contribution in [-0.4, -0.2) is 32.3 Å². The number of sulfonamides is 1. The highest BCUT2D eigenvalue weighted by molar-refractivity contribution is 7.89. The number of aryl methyl sites for hydroxylation is 1. The van der Waals surface area contributed by atoms with Gasteiger partial charge < -0.3 is 4.90 Å². The number of halogens is 1. The molecule has 0 aliphatic carbocycles. The molecule has 20 heavy (non-hydrogen) atoms. The van der Waals surface area contributed by atoms with Gasteiger partial charge in [-0.25, -0.2) is 13.6 Å². The van der Waals surface area contributed by atoms with Gasteiger partial charge in [-0.15, -0.1) is 0 Å². The fourth-order valence-corrected chi connectivity index (χ4v) is 3.06. The van der Waals surface area contributed by atoms with Crippen LogP contribution in [-0.2, 0) is 10.0 Å². The minimum absolute atomic E-state index is 0.0580. The molecular weight excluding hydrogens is 300 g/mol. The summed E-state index contributed by atoms with van der Waals surface area (Å²) in [5.41, 5.74) is 0.792. The van der Waals surface area contributed by atoms with Crippen molar-refractivity contribution in [2.24, 2.45) is 5.14 Å². The average Bonchev–Trinajstić information content (AvgIpc) is 2.36. The normalized spacial score (nSPS) is 11.4. The summed E-state index contributed by atoms with van der Waals surface area (Å²) >= 11 is 5.95. The Kier molecular flexibility index (Phi) is 5.56. The molecule has 0 heterocycles. The molecule has 1 amide bonds. The molecule has 1 aromatic rings. The third kappa shape index (κ3) is 3.71. The molecule has 0 unspecified atom stereocenters. The number of carbonyl (C=O) groups is 1. The van der Waals surface area contributed by atoms with E-state index in [-0.39, 0.29) is 21.4 Å². The predicted molar refractivity (Wildman–Crippen MR) is 79.4 cm³/mol. The second-order valence-corrected chi connectivity index (χ2v) is 6.44. The maximum atomic E-state index is 12.4. The highest BCUT2D eigenvalue weighted by Crippen LogP contribution is 2.26. The highest BCUT2D eigenvalue weighted by Gasteiger charge is 2.21. The van der Waals surface area contributed by atoms with Crippen LogP contribution in [0.15, 0.2) is 17.0 Å². The molecule has 0 fully saturated rings. The van der Waals surface area contributed by atoms with E-state index in [0.717, 1.165) is 6.42 Å². The summed E-state index contributed by atoms with van der Waals surface area (Å²) in [7, 11) is -3.96. The maximum absolute atomic E-state index is 12.4. The molecule has 5 nitrogen and oxygen atoms in total. The average molecular weight is 319 g/mol. The van der Waals surface area contributed by atoms with Gasteiger partial charge in [0.05, 0.1) is 5.02 Å². The first-order valence-corrected chi connectivity index (χ1v) is 8.27. The number of hydrogen-bond acceptors (Lipinski definition) is 3. The summed E-state index contributed by atoms with van der Waals surface area (Å²) in [5.74, 6) is -0.223. The molecule has 7 heteroatoms. The quantitative estimate of drug-likeness (QED) is 0.903. The standard InChI is InChI=1S/C13H19ClN2O3S/c1-4-6-16(5-2)13(17)10-7-9(3)12(14)11(8-10)20(15,18)19/h7-8H,4-6H2,1-3H3,(H2,15,18,19). The Labute approximate surface area is 124 Å².